The molecule has 0 aliphatic heterocycles. The van der Waals surface area contributed by atoms with Crippen molar-refractivity contribution in [3.8, 4) is 0 Å². The van der Waals surface area contributed by atoms with Crippen molar-refractivity contribution in [1.82, 2.24) is 9.55 Å². The van der Waals surface area contributed by atoms with Crippen LogP contribution >= 0.6 is 0 Å². The topological polar surface area (TPSA) is 53.1 Å². The fourth-order valence-electron chi connectivity index (χ4n) is 1.73. The predicted molar refractivity (Wildman–Crippen MR) is 65.2 cm³/mol. The van der Waals surface area contributed by atoms with E-state index in [0.29, 0.717) is 30.1 Å². The summed E-state index contributed by atoms with van der Waals surface area (Å²) in [6.07, 6.45) is 0.169. The fourth-order valence-corrected chi connectivity index (χ4v) is 1.73. The quantitative estimate of drug-likeness (QED) is 0.886. The number of hydrogen-bond acceptors (Lipinski definition) is 3. The Bertz CT molecular complexity index is 522. The van der Waals surface area contributed by atoms with E-state index in [0.717, 1.165) is 0 Å². The molecular formula is C12H16FN3O. The highest BCUT2D eigenvalue weighted by atomic mass is 19.1. The highest BCUT2D eigenvalue weighted by molar-refractivity contribution is 5.78. The number of hydrogen-bond donors (Lipinski definition) is 1. The molecule has 1 heterocycles. The van der Waals surface area contributed by atoms with Gasteiger partial charge < -0.3 is 15.0 Å². The van der Waals surface area contributed by atoms with E-state index in [4.69, 9.17) is 10.5 Å². The Balaban J connectivity index is 2.26. The Morgan fingerprint density at radius 3 is 2.94 bits per heavy atom. The molecule has 0 aliphatic rings. The van der Waals surface area contributed by atoms with Crippen LogP contribution in [0.2, 0.25) is 0 Å². The van der Waals surface area contributed by atoms with Crippen molar-refractivity contribution in [2.75, 3.05) is 12.3 Å². The third-order valence-corrected chi connectivity index (χ3v) is 2.51. The van der Waals surface area contributed by atoms with E-state index in [1.807, 2.05) is 13.8 Å². The average molecular weight is 237 g/mol. The van der Waals surface area contributed by atoms with E-state index in [9.17, 15) is 4.39 Å². The van der Waals surface area contributed by atoms with Crippen LogP contribution in [0, 0.1) is 5.82 Å². The predicted octanol–water partition coefficient (Wildman–Crippen LogP) is 2.18. The van der Waals surface area contributed by atoms with Gasteiger partial charge in [-0.1, -0.05) is 0 Å². The highest BCUT2D eigenvalue weighted by Gasteiger charge is 2.08. The Labute approximate surface area is 99.2 Å². The Morgan fingerprint density at radius 1 is 1.47 bits per heavy atom. The van der Waals surface area contributed by atoms with Gasteiger partial charge in [0.2, 0.25) is 5.95 Å². The summed E-state index contributed by atoms with van der Waals surface area (Å²) in [5.41, 5.74) is 7.20. The van der Waals surface area contributed by atoms with Crippen LogP contribution in [-0.2, 0) is 11.3 Å². The Kier molecular flexibility index (Phi) is 3.28. The molecule has 0 radical (unpaired) electrons. The number of nitrogens with two attached hydrogens (primary N) is 1. The van der Waals surface area contributed by atoms with Crippen LogP contribution in [0.3, 0.4) is 0 Å². The van der Waals surface area contributed by atoms with Crippen molar-refractivity contribution in [2.24, 2.45) is 0 Å². The second kappa shape index (κ2) is 4.71. The molecule has 4 nitrogen and oxygen atoms in total. The third-order valence-electron chi connectivity index (χ3n) is 2.51. The Morgan fingerprint density at radius 2 is 2.24 bits per heavy atom. The number of fused-ring (bicyclic) bond motifs is 1. The van der Waals surface area contributed by atoms with Gasteiger partial charge in [-0.25, -0.2) is 9.37 Å². The lowest BCUT2D eigenvalue weighted by Gasteiger charge is -2.09. The summed E-state index contributed by atoms with van der Waals surface area (Å²) in [7, 11) is 0. The lowest BCUT2D eigenvalue weighted by Crippen LogP contribution is -2.12. The minimum atomic E-state index is -0.288. The van der Waals surface area contributed by atoms with Gasteiger partial charge in [-0.3, -0.25) is 0 Å². The lowest BCUT2D eigenvalue weighted by molar-refractivity contribution is 0.0735. The maximum Gasteiger partial charge on any atom is 0.201 e. The molecule has 0 saturated carbocycles. The molecular weight excluding hydrogens is 221 g/mol. The molecule has 2 rings (SSSR count). The van der Waals surface area contributed by atoms with Crippen molar-refractivity contribution in [3.05, 3.63) is 24.0 Å². The number of benzene rings is 1. The summed E-state index contributed by atoms with van der Waals surface area (Å²) >= 11 is 0. The van der Waals surface area contributed by atoms with Gasteiger partial charge in [0, 0.05) is 6.54 Å². The molecule has 1 aromatic carbocycles. The van der Waals surface area contributed by atoms with Crippen LogP contribution in [0.15, 0.2) is 18.2 Å². The number of rotatable bonds is 4. The number of nitrogens with zero attached hydrogens (tertiary/aromatic N) is 2. The minimum Gasteiger partial charge on any atom is -0.377 e. The zero-order valence-electron chi connectivity index (χ0n) is 9.98. The van der Waals surface area contributed by atoms with Crippen LogP contribution in [0.5, 0.6) is 0 Å². The first-order chi connectivity index (χ1) is 8.08. The molecule has 0 saturated heterocycles. The summed E-state index contributed by atoms with van der Waals surface area (Å²) in [6.45, 7) is 5.04. The molecule has 0 bridgehead atoms. The second-order valence-electron chi connectivity index (χ2n) is 4.17. The molecule has 0 spiro atoms. The van der Waals surface area contributed by atoms with Gasteiger partial charge in [-0.2, -0.15) is 0 Å². The van der Waals surface area contributed by atoms with E-state index in [-0.39, 0.29) is 11.9 Å². The molecule has 0 atom stereocenters. The lowest BCUT2D eigenvalue weighted by atomic mass is 10.3. The van der Waals surface area contributed by atoms with E-state index in [1.165, 1.54) is 12.1 Å². The highest BCUT2D eigenvalue weighted by Crippen LogP contribution is 2.18. The number of nitrogen functional groups attached to an aromatic ring is 1. The van der Waals surface area contributed by atoms with Crippen molar-refractivity contribution in [3.63, 3.8) is 0 Å². The SMILES string of the molecule is CC(C)OCCn1c(N)nc2ccc(F)cc21. The molecule has 0 aliphatic carbocycles. The fraction of sp³-hybridized carbons (Fsp3) is 0.417. The van der Waals surface area contributed by atoms with Gasteiger partial charge in [0.1, 0.15) is 5.82 Å². The number of halogens is 1. The van der Waals surface area contributed by atoms with Gasteiger partial charge in [0.25, 0.3) is 0 Å². The first-order valence-electron chi connectivity index (χ1n) is 5.61. The van der Waals surface area contributed by atoms with Crippen LogP contribution < -0.4 is 5.73 Å². The normalized spacial score (nSPS) is 11.5. The van der Waals surface area contributed by atoms with E-state index in [1.54, 1.807) is 10.6 Å². The van der Waals surface area contributed by atoms with Crippen molar-refractivity contribution < 1.29 is 9.13 Å². The first kappa shape index (κ1) is 11.9. The number of anilines is 1. The number of ether oxygens (including phenoxy) is 1. The zero-order chi connectivity index (χ0) is 12.4. The molecule has 1 aromatic heterocycles. The molecule has 0 amide bonds. The zero-order valence-corrected chi connectivity index (χ0v) is 9.98. The molecule has 92 valence electrons. The molecule has 0 unspecified atom stereocenters. The van der Waals surface area contributed by atoms with Crippen molar-refractivity contribution in [1.29, 1.82) is 0 Å². The largest absolute Gasteiger partial charge is 0.377 e. The van der Waals surface area contributed by atoms with E-state index < -0.39 is 0 Å². The molecule has 0 fully saturated rings. The minimum absolute atomic E-state index is 0.169. The molecule has 5 heteroatoms. The third kappa shape index (κ3) is 2.55. The van der Waals surface area contributed by atoms with Gasteiger partial charge in [-0.05, 0) is 32.0 Å². The van der Waals surface area contributed by atoms with Crippen molar-refractivity contribution >= 4 is 17.0 Å². The monoisotopic (exact) mass is 237 g/mol. The van der Waals surface area contributed by atoms with E-state index in [2.05, 4.69) is 4.98 Å². The van der Waals surface area contributed by atoms with Crippen LogP contribution in [0.25, 0.3) is 11.0 Å². The first-order valence-corrected chi connectivity index (χ1v) is 5.61. The van der Waals surface area contributed by atoms with Crippen molar-refractivity contribution in [2.45, 2.75) is 26.5 Å². The Hall–Kier alpha value is -1.62. The molecule has 17 heavy (non-hydrogen) atoms. The van der Waals surface area contributed by atoms with Gasteiger partial charge in [0.05, 0.1) is 23.7 Å². The van der Waals surface area contributed by atoms with Crippen LogP contribution in [0.4, 0.5) is 10.3 Å². The molecule has 2 aromatic rings. The maximum atomic E-state index is 13.2. The summed E-state index contributed by atoms with van der Waals surface area (Å²) < 4.78 is 20.4. The van der Waals surface area contributed by atoms with E-state index >= 15 is 0 Å². The smallest absolute Gasteiger partial charge is 0.201 e. The summed E-state index contributed by atoms with van der Waals surface area (Å²) in [5.74, 6) is 0.0985. The van der Waals surface area contributed by atoms with Gasteiger partial charge in [-0.15, -0.1) is 0 Å². The number of aromatic nitrogens is 2. The average Bonchev–Trinajstić information content (AvgIpc) is 2.55. The summed E-state index contributed by atoms with van der Waals surface area (Å²) in [5, 5.41) is 0. The molecule has 2 N–H and O–H groups in total. The summed E-state index contributed by atoms with van der Waals surface area (Å²) in [6, 6.07) is 4.44. The van der Waals surface area contributed by atoms with Gasteiger partial charge in [0.15, 0.2) is 0 Å². The number of imidazole rings is 1. The second-order valence-corrected chi connectivity index (χ2v) is 4.17. The maximum absolute atomic E-state index is 13.2. The van der Waals surface area contributed by atoms with Crippen LogP contribution in [0.1, 0.15) is 13.8 Å². The summed E-state index contributed by atoms with van der Waals surface area (Å²) in [4.78, 5) is 4.17. The van der Waals surface area contributed by atoms with Gasteiger partial charge >= 0.3 is 0 Å². The standard InChI is InChI=1S/C12H16FN3O/c1-8(2)17-6-5-16-11-7-9(13)3-4-10(11)15-12(16)14/h3-4,7-8H,5-6H2,1-2H3,(H2,14,15). The van der Waals surface area contributed by atoms with Crippen LogP contribution in [-0.4, -0.2) is 22.3 Å².